The lowest BCUT2D eigenvalue weighted by atomic mass is 10.1. The number of hydrogen-bond donors (Lipinski definition) is 5. The van der Waals surface area contributed by atoms with Crippen molar-refractivity contribution in [1.82, 2.24) is 4.98 Å². The summed E-state index contributed by atoms with van der Waals surface area (Å²) in [7, 11) is 0. The number of hydrazine groups is 1. The molecule has 0 aliphatic rings. The van der Waals surface area contributed by atoms with E-state index in [1.807, 2.05) is 30.3 Å². The lowest BCUT2D eigenvalue weighted by molar-refractivity contribution is 1.33. The Bertz CT molecular complexity index is 954. The number of rotatable bonds is 4. The van der Waals surface area contributed by atoms with Gasteiger partial charge in [0, 0.05) is 28.1 Å². The fourth-order valence-electron chi connectivity index (χ4n) is 2.32. The number of nitrogens with one attached hydrogen (secondary N) is 3. The third-order valence-electron chi connectivity index (χ3n) is 3.62. The van der Waals surface area contributed by atoms with Crippen LogP contribution in [-0.4, -0.2) is 10.8 Å². The molecule has 0 aliphatic heterocycles. The summed E-state index contributed by atoms with van der Waals surface area (Å²) in [6.45, 7) is 0. The zero-order valence-corrected chi connectivity index (χ0v) is 12.8. The van der Waals surface area contributed by atoms with E-state index in [4.69, 9.17) is 23.3 Å². The molecule has 0 saturated heterocycles. The first-order valence-corrected chi connectivity index (χ1v) is 7.20. The van der Waals surface area contributed by atoms with Crippen molar-refractivity contribution in [3.05, 3.63) is 59.8 Å². The molecule has 0 aliphatic carbocycles. The molecule has 0 unspecified atom stereocenters. The highest BCUT2D eigenvalue weighted by Crippen LogP contribution is 2.28. The van der Waals surface area contributed by atoms with Crippen molar-refractivity contribution in [2.45, 2.75) is 0 Å². The topological polar surface area (TPSA) is 113 Å². The molecule has 0 bridgehead atoms. The predicted molar refractivity (Wildman–Crippen MR) is 98.8 cm³/mol. The van der Waals surface area contributed by atoms with Crippen LogP contribution in [-0.2, 0) is 0 Å². The summed E-state index contributed by atoms with van der Waals surface area (Å²) in [5, 5.41) is 9.21. The number of nitrogen functional groups attached to an aromatic ring is 2. The van der Waals surface area contributed by atoms with Crippen molar-refractivity contribution >= 4 is 33.8 Å². The van der Waals surface area contributed by atoms with E-state index in [0.717, 1.165) is 22.0 Å². The van der Waals surface area contributed by atoms with Gasteiger partial charge in [-0.2, -0.15) is 0 Å². The normalized spacial score (nSPS) is 10.1. The summed E-state index contributed by atoms with van der Waals surface area (Å²) in [5.41, 5.74) is 20.5. The van der Waals surface area contributed by atoms with E-state index < -0.39 is 0 Å². The van der Waals surface area contributed by atoms with Crippen LogP contribution in [0.4, 0.5) is 17.2 Å². The first-order chi connectivity index (χ1) is 11.6. The molecule has 24 heavy (non-hydrogen) atoms. The van der Waals surface area contributed by atoms with Crippen LogP contribution in [0, 0.1) is 17.8 Å². The number of amidine groups is 1. The number of pyridine rings is 1. The summed E-state index contributed by atoms with van der Waals surface area (Å²) in [4.78, 5) is 4.19. The van der Waals surface area contributed by atoms with Gasteiger partial charge in [-0.15, -0.1) is 6.42 Å². The first kappa shape index (κ1) is 15.2. The number of anilines is 3. The smallest absolute Gasteiger partial charge is 0.149 e. The zero-order chi connectivity index (χ0) is 17.1. The lowest BCUT2D eigenvalue weighted by Gasteiger charge is -2.14. The second-order valence-electron chi connectivity index (χ2n) is 5.21. The Morgan fingerprint density at radius 1 is 1.12 bits per heavy atom. The molecule has 6 nitrogen and oxygen atoms in total. The van der Waals surface area contributed by atoms with Crippen LogP contribution < -0.4 is 22.3 Å². The second-order valence-corrected chi connectivity index (χ2v) is 5.21. The number of hydrogen-bond acceptors (Lipinski definition) is 5. The molecule has 3 aromatic rings. The van der Waals surface area contributed by atoms with E-state index in [9.17, 15) is 0 Å². The summed E-state index contributed by atoms with van der Waals surface area (Å²) >= 11 is 0. The number of benzene rings is 2. The molecule has 0 saturated carbocycles. The van der Waals surface area contributed by atoms with Crippen LogP contribution >= 0.6 is 0 Å². The largest absolute Gasteiger partial charge is 0.384 e. The lowest BCUT2D eigenvalue weighted by Crippen LogP contribution is -2.13. The van der Waals surface area contributed by atoms with Crippen LogP contribution in [0.5, 0.6) is 0 Å². The maximum absolute atomic E-state index is 7.40. The summed E-state index contributed by atoms with van der Waals surface area (Å²) < 4.78 is 0. The molecule has 6 heteroatoms. The fraction of sp³-hybridized carbons (Fsp3) is 0. The van der Waals surface area contributed by atoms with E-state index in [0.29, 0.717) is 17.1 Å². The van der Waals surface area contributed by atoms with Gasteiger partial charge in [-0.25, -0.2) is 4.98 Å². The summed E-state index contributed by atoms with van der Waals surface area (Å²) in [6, 6.07) is 12.8. The molecule has 0 fully saturated rings. The molecular weight excluding hydrogens is 300 g/mol. The van der Waals surface area contributed by atoms with Crippen molar-refractivity contribution < 1.29 is 0 Å². The van der Waals surface area contributed by atoms with Crippen molar-refractivity contribution in [3.63, 3.8) is 0 Å². The maximum atomic E-state index is 7.40. The van der Waals surface area contributed by atoms with Gasteiger partial charge >= 0.3 is 0 Å². The summed E-state index contributed by atoms with van der Waals surface area (Å²) in [6.07, 6.45) is 7.18. The van der Waals surface area contributed by atoms with Gasteiger partial charge in [0.15, 0.2) is 0 Å². The molecule has 118 valence electrons. The predicted octanol–water partition coefficient (Wildman–Crippen LogP) is 2.52. The standard InChI is InChI=1S/C18H16N6/c1-2-11-3-4-13-10-22-18(21)16(15(13)9-11)24-23-14-7-5-12(6-8-14)17(19)20/h1,3-10,23-24H,(H3,19,20)(H2,21,22). The molecule has 0 atom stereocenters. The Hall–Kier alpha value is -3.72. The number of fused-ring (bicyclic) bond motifs is 1. The monoisotopic (exact) mass is 316 g/mol. The Morgan fingerprint density at radius 2 is 1.88 bits per heavy atom. The van der Waals surface area contributed by atoms with Crippen LogP contribution in [0.25, 0.3) is 10.8 Å². The van der Waals surface area contributed by atoms with E-state index >= 15 is 0 Å². The Labute approximate surface area is 139 Å². The first-order valence-electron chi connectivity index (χ1n) is 7.20. The van der Waals surface area contributed by atoms with E-state index in [1.54, 1.807) is 18.3 Å². The van der Waals surface area contributed by atoms with Gasteiger partial charge in [-0.3, -0.25) is 10.8 Å². The SMILES string of the molecule is C#Cc1ccc2cnc(N)c(NNc3ccc(C(=N)N)cc3)c2c1. The number of aromatic nitrogens is 1. The molecule has 0 spiro atoms. The third-order valence-corrected chi connectivity index (χ3v) is 3.62. The van der Waals surface area contributed by atoms with Gasteiger partial charge in [-0.05, 0) is 36.4 Å². The van der Waals surface area contributed by atoms with E-state index in [2.05, 4.69) is 21.8 Å². The Kier molecular flexibility index (Phi) is 3.91. The third kappa shape index (κ3) is 2.91. The number of nitrogens with zero attached hydrogens (tertiary/aromatic N) is 1. The van der Waals surface area contributed by atoms with Crippen LogP contribution in [0.1, 0.15) is 11.1 Å². The molecule has 1 heterocycles. The zero-order valence-electron chi connectivity index (χ0n) is 12.8. The number of terminal acetylenes is 1. The molecule has 0 radical (unpaired) electrons. The van der Waals surface area contributed by atoms with E-state index in [1.165, 1.54) is 0 Å². The van der Waals surface area contributed by atoms with Gasteiger partial charge in [-0.1, -0.05) is 12.0 Å². The van der Waals surface area contributed by atoms with Crippen molar-refractivity contribution in [1.29, 1.82) is 5.41 Å². The molecular formula is C18H16N6. The summed E-state index contributed by atoms with van der Waals surface area (Å²) in [5.74, 6) is 3.01. The molecule has 1 aromatic heterocycles. The molecule has 7 N–H and O–H groups in total. The highest BCUT2D eigenvalue weighted by molar-refractivity contribution is 5.99. The Balaban J connectivity index is 1.90. The highest BCUT2D eigenvalue weighted by atomic mass is 15.4. The molecule has 0 amide bonds. The number of nitrogens with two attached hydrogens (primary N) is 2. The van der Waals surface area contributed by atoms with E-state index in [-0.39, 0.29) is 5.84 Å². The molecule has 2 aromatic carbocycles. The van der Waals surface area contributed by atoms with Crippen LogP contribution in [0.2, 0.25) is 0 Å². The van der Waals surface area contributed by atoms with Gasteiger partial charge in [0.2, 0.25) is 0 Å². The quantitative estimate of drug-likeness (QED) is 0.220. The molecule has 3 rings (SSSR count). The second kappa shape index (κ2) is 6.18. The van der Waals surface area contributed by atoms with Crippen molar-refractivity contribution in [3.8, 4) is 12.3 Å². The maximum Gasteiger partial charge on any atom is 0.149 e. The van der Waals surface area contributed by atoms with Gasteiger partial charge in [0.1, 0.15) is 17.3 Å². The van der Waals surface area contributed by atoms with Crippen LogP contribution in [0.3, 0.4) is 0 Å². The van der Waals surface area contributed by atoms with Crippen molar-refractivity contribution in [2.24, 2.45) is 5.73 Å². The van der Waals surface area contributed by atoms with Gasteiger partial charge in [0.25, 0.3) is 0 Å². The van der Waals surface area contributed by atoms with Gasteiger partial charge in [0.05, 0.1) is 5.69 Å². The van der Waals surface area contributed by atoms with Gasteiger partial charge < -0.3 is 16.9 Å². The average Bonchev–Trinajstić information content (AvgIpc) is 2.60. The minimum absolute atomic E-state index is 0.0267. The average molecular weight is 316 g/mol. The van der Waals surface area contributed by atoms with Crippen molar-refractivity contribution in [2.75, 3.05) is 16.6 Å². The Morgan fingerprint density at radius 3 is 2.54 bits per heavy atom. The fourth-order valence-corrected chi connectivity index (χ4v) is 2.32. The highest BCUT2D eigenvalue weighted by Gasteiger charge is 2.07. The minimum Gasteiger partial charge on any atom is -0.384 e. The minimum atomic E-state index is 0.0267. The van der Waals surface area contributed by atoms with Crippen LogP contribution in [0.15, 0.2) is 48.7 Å².